The Morgan fingerprint density at radius 2 is 0.900 bits per heavy atom. The fraction of sp³-hybridized carbons (Fsp3) is 0.0612. The summed E-state index contributed by atoms with van der Waals surface area (Å²) in [6.45, 7) is 4.73. The molecule has 0 unspecified atom stereocenters. The van der Waals surface area contributed by atoms with Gasteiger partial charge in [0.05, 0.1) is 0 Å². The van der Waals surface area contributed by atoms with Crippen molar-refractivity contribution in [2.24, 2.45) is 0 Å². The van der Waals surface area contributed by atoms with Crippen LogP contribution in [0.25, 0.3) is 87.6 Å². The van der Waals surface area contributed by atoms with Gasteiger partial charge >= 0.3 is 0 Å². The third kappa shape index (κ3) is 4.17. The SMILES string of the molecule is CC1(C)c2ccc(-c3cc(-c4c5ccccc5c(-c5ccc(F)cc5)c5ccccc45)cc4ccccc34)cc2-c2ccc3ccccc3c21. The van der Waals surface area contributed by atoms with Crippen LogP contribution in [0.15, 0.2) is 164 Å². The zero-order valence-electron chi connectivity index (χ0n) is 28.0. The highest BCUT2D eigenvalue weighted by Gasteiger charge is 2.37. The largest absolute Gasteiger partial charge is 0.207 e. The van der Waals surface area contributed by atoms with Crippen molar-refractivity contribution in [3.63, 3.8) is 0 Å². The van der Waals surface area contributed by atoms with Gasteiger partial charge in [0.25, 0.3) is 0 Å². The highest BCUT2D eigenvalue weighted by Crippen LogP contribution is 2.53. The van der Waals surface area contributed by atoms with Crippen LogP contribution in [0.5, 0.6) is 0 Å². The minimum atomic E-state index is -0.227. The summed E-state index contributed by atoms with van der Waals surface area (Å²) >= 11 is 0. The molecule has 1 aliphatic carbocycles. The molecule has 9 aromatic carbocycles. The van der Waals surface area contributed by atoms with Gasteiger partial charge in [-0.3, -0.25) is 0 Å². The minimum absolute atomic E-state index is 0.0991. The zero-order chi connectivity index (χ0) is 33.6. The fourth-order valence-electron chi connectivity index (χ4n) is 8.84. The molecule has 0 heterocycles. The van der Waals surface area contributed by atoms with Crippen molar-refractivity contribution in [1.82, 2.24) is 0 Å². The number of halogens is 1. The van der Waals surface area contributed by atoms with Gasteiger partial charge in [0.15, 0.2) is 0 Å². The third-order valence-corrected chi connectivity index (χ3v) is 11.1. The van der Waals surface area contributed by atoms with Crippen LogP contribution in [0.2, 0.25) is 0 Å². The lowest BCUT2D eigenvalue weighted by Gasteiger charge is -2.23. The summed E-state index contributed by atoms with van der Waals surface area (Å²) in [5.74, 6) is -0.227. The lowest BCUT2D eigenvalue weighted by atomic mass is 9.80. The lowest BCUT2D eigenvalue weighted by molar-refractivity contribution is 0.628. The molecule has 10 rings (SSSR count). The Labute approximate surface area is 291 Å². The van der Waals surface area contributed by atoms with Crippen LogP contribution < -0.4 is 0 Å². The number of benzene rings is 9. The normalized spacial score (nSPS) is 13.3. The van der Waals surface area contributed by atoms with Gasteiger partial charge in [0.1, 0.15) is 5.82 Å². The maximum atomic E-state index is 14.1. The number of hydrogen-bond donors (Lipinski definition) is 0. The lowest BCUT2D eigenvalue weighted by Crippen LogP contribution is -2.15. The molecular formula is C49H33F. The van der Waals surface area contributed by atoms with E-state index >= 15 is 0 Å². The van der Waals surface area contributed by atoms with Crippen LogP contribution in [0.3, 0.4) is 0 Å². The molecule has 0 saturated carbocycles. The van der Waals surface area contributed by atoms with Crippen LogP contribution in [0.4, 0.5) is 4.39 Å². The molecule has 0 spiro atoms. The zero-order valence-corrected chi connectivity index (χ0v) is 28.0. The average Bonchev–Trinajstić information content (AvgIpc) is 3.39. The van der Waals surface area contributed by atoms with E-state index in [4.69, 9.17) is 0 Å². The van der Waals surface area contributed by atoms with Crippen molar-refractivity contribution in [1.29, 1.82) is 0 Å². The van der Waals surface area contributed by atoms with Crippen molar-refractivity contribution in [3.8, 4) is 44.5 Å². The van der Waals surface area contributed by atoms with Gasteiger partial charge in [-0.25, -0.2) is 4.39 Å². The molecule has 1 aliphatic rings. The Bertz CT molecular complexity index is 2780. The first-order valence-electron chi connectivity index (χ1n) is 17.4. The summed E-state index contributed by atoms with van der Waals surface area (Å²) in [6.07, 6.45) is 0. The monoisotopic (exact) mass is 640 g/mol. The third-order valence-electron chi connectivity index (χ3n) is 11.1. The van der Waals surface area contributed by atoms with Gasteiger partial charge in [-0.05, 0) is 129 Å². The summed E-state index contributed by atoms with van der Waals surface area (Å²) in [6, 6.07) is 58.2. The van der Waals surface area contributed by atoms with Crippen LogP contribution >= 0.6 is 0 Å². The number of rotatable bonds is 3. The maximum absolute atomic E-state index is 14.1. The molecule has 1 heteroatoms. The smallest absolute Gasteiger partial charge is 0.123 e. The molecule has 0 fully saturated rings. The Morgan fingerprint density at radius 3 is 1.56 bits per heavy atom. The molecule has 0 atom stereocenters. The summed E-state index contributed by atoms with van der Waals surface area (Å²) in [5.41, 5.74) is 12.3. The maximum Gasteiger partial charge on any atom is 0.123 e. The highest BCUT2D eigenvalue weighted by molar-refractivity contribution is 6.22. The minimum Gasteiger partial charge on any atom is -0.207 e. The van der Waals surface area contributed by atoms with Crippen molar-refractivity contribution < 1.29 is 4.39 Å². The summed E-state index contributed by atoms with van der Waals surface area (Å²) in [5, 5.41) is 9.76. The predicted octanol–water partition coefficient (Wildman–Crippen LogP) is 13.7. The average molecular weight is 641 g/mol. The molecule has 0 radical (unpaired) electrons. The van der Waals surface area contributed by atoms with Crippen LogP contribution in [-0.2, 0) is 5.41 Å². The van der Waals surface area contributed by atoms with E-state index in [1.165, 1.54) is 76.8 Å². The molecular weight excluding hydrogens is 608 g/mol. The van der Waals surface area contributed by atoms with Gasteiger partial charge < -0.3 is 0 Å². The van der Waals surface area contributed by atoms with Crippen LogP contribution in [-0.4, -0.2) is 0 Å². The van der Waals surface area contributed by atoms with Crippen molar-refractivity contribution in [3.05, 3.63) is 181 Å². The highest BCUT2D eigenvalue weighted by atomic mass is 19.1. The van der Waals surface area contributed by atoms with E-state index in [0.717, 1.165) is 21.9 Å². The van der Waals surface area contributed by atoms with E-state index in [-0.39, 0.29) is 11.2 Å². The van der Waals surface area contributed by atoms with Gasteiger partial charge in [-0.1, -0.05) is 147 Å². The standard InChI is InChI=1S/C49H33F/c1-49(2)45-26-22-33(28-44(45)42-25-21-30-11-3-6-14-37(30)48(42)49)43-29-34(27-32-12-4-5-13-36(32)43)47-40-17-9-7-15-38(40)46(31-19-23-35(50)24-20-31)39-16-8-10-18-41(39)47/h3-29H,1-2H3. The van der Waals surface area contributed by atoms with E-state index < -0.39 is 0 Å². The topological polar surface area (TPSA) is 0 Å². The fourth-order valence-corrected chi connectivity index (χ4v) is 8.84. The van der Waals surface area contributed by atoms with Crippen molar-refractivity contribution in [2.75, 3.05) is 0 Å². The van der Waals surface area contributed by atoms with E-state index in [2.05, 4.69) is 153 Å². The van der Waals surface area contributed by atoms with Crippen molar-refractivity contribution in [2.45, 2.75) is 19.3 Å². The quantitative estimate of drug-likeness (QED) is 0.169. The first-order valence-corrected chi connectivity index (χ1v) is 17.4. The molecule has 0 amide bonds. The molecule has 0 aliphatic heterocycles. The molecule has 9 aromatic rings. The molecule has 0 bridgehead atoms. The molecule has 0 aromatic heterocycles. The van der Waals surface area contributed by atoms with Crippen molar-refractivity contribution >= 4 is 43.1 Å². The van der Waals surface area contributed by atoms with E-state index in [1.807, 2.05) is 12.1 Å². The van der Waals surface area contributed by atoms with Gasteiger partial charge in [0, 0.05) is 5.41 Å². The molecule has 0 N–H and O–H groups in total. The second-order valence-corrected chi connectivity index (χ2v) is 14.2. The Hall–Kier alpha value is -6.05. The first kappa shape index (κ1) is 28.9. The molecule has 236 valence electrons. The van der Waals surface area contributed by atoms with Gasteiger partial charge in [0.2, 0.25) is 0 Å². The van der Waals surface area contributed by atoms with E-state index in [1.54, 1.807) is 12.1 Å². The van der Waals surface area contributed by atoms with Gasteiger partial charge in [-0.2, -0.15) is 0 Å². The first-order chi connectivity index (χ1) is 24.5. The summed E-state index contributed by atoms with van der Waals surface area (Å²) < 4.78 is 14.1. The van der Waals surface area contributed by atoms with E-state index in [0.29, 0.717) is 0 Å². The summed E-state index contributed by atoms with van der Waals surface area (Å²) in [4.78, 5) is 0. The Balaban J connectivity index is 1.24. The van der Waals surface area contributed by atoms with E-state index in [9.17, 15) is 4.39 Å². The second-order valence-electron chi connectivity index (χ2n) is 14.2. The van der Waals surface area contributed by atoms with Crippen LogP contribution in [0, 0.1) is 5.82 Å². The molecule has 0 nitrogen and oxygen atoms in total. The molecule has 50 heavy (non-hydrogen) atoms. The van der Waals surface area contributed by atoms with Crippen LogP contribution in [0.1, 0.15) is 25.0 Å². The Morgan fingerprint density at radius 1 is 0.380 bits per heavy atom. The summed E-state index contributed by atoms with van der Waals surface area (Å²) in [7, 11) is 0. The predicted molar refractivity (Wildman–Crippen MR) is 210 cm³/mol. The van der Waals surface area contributed by atoms with Gasteiger partial charge in [-0.15, -0.1) is 0 Å². The molecule has 0 saturated heterocycles. The second kappa shape index (κ2) is 10.7. The Kier molecular flexibility index (Phi) is 6.20. The number of hydrogen-bond acceptors (Lipinski definition) is 0. The number of fused-ring (bicyclic) bond motifs is 8.